The fourth-order valence-electron chi connectivity index (χ4n) is 6.54. The van der Waals surface area contributed by atoms with E-state index in [4.69, 9.17) is 0 Å². The van der Waals surface area contributed by atoms with Gasteiger partial charge < -0.3 is 4.90 Å². The van der Waals surface area contributed by atoms with Crippen molar-refractivity contribution in [2.45, 2.75) is 0 Å². The van der Waals surface area contributed by atoms with Crippen LogP contribution in [0.15, 0.2) is 188 Å². The first kappa shape index (κ1) is 29.4. The molecular formula is C46H31NS2. The van der Waals surface area contributed by atoms with E-state index in [-0.39, 0.29) is 0 Å². The normalized spacial score (nSPS) is 11.3. The Morgan fingerprint density at radius 2 is 0.653 bits per heavy atom. The van der Waals surface area contributed by atoms with Crippen molar-refractivity contribution in [2.75, 3.05) is 4.90 Å². The third kappa shape index (κ3) is 5.84. The topological polar surface area (TPSA) is 3.24 Å². The lowest BCUT2D eigenvalue weighted by Gasteiger charge is -2.26. The van der Waals surface area contributed by atoms with Crippen molar-refractivity contribution < 1.29 is 0 Å². The molecule has 0 aliphatic heterocycles. The number of hydrogen-bond acceptors (Lipinski definition) is 3. The zero-order chi connectivity index (χ0) is 32.6. The van der Waals surface area contributed by atoms with E-state index in [9.17, 15) is 0 Å². The van der Waals surface area contributed by atoms with E-state index >= 15 is 0 Å². The quantitative estimate of drug-likeness (QED) is 0.164. The number of thiophene rings is 2. The van der Waals surface area contributed by atoms with Crippen LogP contribution in [-0.4, -0.2) is 0 Å². The molecule has 0 aliphatic rings. The summed E-state index contributed by atoms with van der Waals surface area (Å²) in [5.41, 5.74) is 10.8. The second-order valence-electron chi connectivity index (χ2n) is 12.2. The van der Waals surface area contributed by atoms with Crippen LogP contribution in [0.2, 0.25) is 0 Å². The van der Waals surface area contributed by atoms with E-state index in [1.807, 2.05) is 22.7 Å². The van der Waals surface area contributed by atoms with Gasteiger partial charge in [0.1, 0.15) is 0 Å². The molecule has 2 heterocycles. The first-order valence-corrected chi connectivity index (χ1v) is 18.1. The smallest absolute Gasteiger partial charge is 0.0462 e. The van der Waals surface area contributed by atoms with Crippen molar-refractivity contribution in [3.63, 3.8) is 0 Å². The summed E-state index contributed by atoms with van der Waals surface area (Å²) in [5.74, 6) is 0. The molecule has 3 heteroatoms. The molecule has 2 aromatic heterocycles. The van der Waals surface area contributed by atoms with Gasteiger partial charge >= 0.3 is 0 Å². The lowest BCUT2D eigenvalue weighted by molar-refractivity contribution is 1.28. The third-order valence-corrected chi connectivity index (χ3v) is 11.4. The third-order valence-electron chi connectivity index (χ3n) is 9.09. The van der Waals surface area contributed by atoms with E-state index in [2.05, 4.69) is 193 Å². The van der Waals surface area contributed by atoms with Crippen molar-refractivity contribution in [1.82, 2.24) is 0 Å². The minimum absolute atomic E-state index is 1.12. The van der Waals surface area contributed by atoms with Gasteiger partial charge in [-0.1, -0.05) is 127 Å². The summed E-state index contributed by atoms with van der Waals surface area (Å²) in [6, 6.07) is 68.0. The molecule has 9 rings (SSSR count). The maximum atomic E-state index is 2.33. The standard InChI is InChI=1S/C46H31NS2/c1-4-10-34(11-5-1)43-30-38-18-16-36(28-45(38)48-43)32-20-24-41(25-21-32)47(40-14-8-3-9-15-40)42-26-22-33(23-27-42)37-17-19-39-31-44(49-46(39)29-37)35-12-6-2-7-13-35/h1-31H. The van der Waals surface area contributed by atoms with Crippen molar-refractivity contribution in [1.29, 1.82) is 0 Å². The number of para-hydroxylation sites is 1. The van der Waals surface area contributed by atoms with Crippen LogP contribution in [0, 0.1) is 0 Å². The summed E-state index contributed by atoms with van der Waals surface area (Å²) in [4.78, 5) is 4.94. The first-order valence-electron chi connectivity index (χ1n) is 16.5. The van der Waals surface area contributed by atoms with Gasteiger partial charge in [0, 0.05) is 36.2 Å². The Bertz CT molecular complexity index is 2350. The molecule has 0 radical (unpaired) electrons. The highest BCUT2D eigenvalue weighted by Crippen LogP contribution is 2.40. The van der Waals surface area contributed by atoms with Gasteiger partial charge in [-0.2, -0.15) is 0 Å². The van der Waals surface area contributed by atoms with Gasteiger partial charge in [0.2, 0.25) is 0 Å². The fraction of sp³-hybridized carbons (Fsp3) is 0. The van der Waals surface area contributed by atoms with Crippen molar-refractivity contribution >= 4 is 59.9 Å². The van der Waals surface area contributed by atoms with Crippen LogP contribution in [0.4, 0.5) is 17.1 Å². The lowest BCUT2D eigenvalue weighted by atomic mass is 10.0. The van der Waals surface area contributed by atoms with Crippen LogP contribution in [-0.2, 0) is 0 Å². The molecule has 0 saturated carbocycles. The molecule has 1 nitrogen and oxygen atoms in total. The number of nitrogens with zero attached hydrogens (tertiary/aromatic N) is 1. The Morgan fingerprint density at radius 1 is 0.286 bits per heavy atom. The molecule has 0 bridgehead atoms. The zero-order valence-electron chi connectivity index (χ0n) is 26.7. The largest absolute Gasteiger partial charge is 0.311 e. The molecule has 49 heavy (non-hydrogen) atoms. The van der Waals surface area contributed by atoms with Crippen molar-refractivity contribution in [3.05, 3.63) is 188 Å². The Hall–Kier alpha value is -5.74. The number of anilines is 3. The Morgan fingerprint density at radius 3 is 1.08 bits per heavy atom. The van der Waals surface area contributed by atoms with Gasteiger partial charge in [0.15, 0.2) is 0 Å². The van der Waals surface area contributed by atoms with Gasteiger partial charge in [-0.05, 0) is 105 Å². The molecule has 7 aromatic carbocycles. The van der Waals surface area contributed by atoms with Crippen LogP contribution >= 0.6 is 22.7 Å². The lowest BCUT2D eigenvalue weighted by Crippen LogP contribution is -2.09. The molecular weight excluding hydrogens is 631 g/mol. The second kappa shape index (κ2) is 12.7. The molecule has 0 spiro atoms. The molecule has 232 valence electrons. The fourth-order valence-corrected chi connectivity index (χ4v) is 8.76. The van der Waals surface area contributed by atoms with Gasteiger partial charge in [0.25, 0.3) is 0 Å². The summed E-state index contributed by atoms with van der Waals surface area (Å²) in [5, 5.41) is 2.57. The predicted molar refractivity (Wildman–Crippen MR) is 214 cm³/mol. The summed E-state index contributed by atoms with van der Waals surface area (Å²) in [6.45, 7) is 0. The molecule has 0 unspecified atom stereocenters. The summed E-state index contributed by atoms with van der Waals surface area (Å²) < 4.78 is 2.61. The number of benzene rings is 7. The maximum Gasteiger partial charge on any atom is 0.0462 e. The van der Waals surface area contributed by atoms with Gasteiger partial charge in [-0.3, -0.25) is 0 Å². The zero-order valence-corrected chi connectivity index (χ0v) is 28.3. The van der Waals surface area contributed by atoms with E-state index < -0.39 is 0 Å². The van der Waals surface area contributed by atoms with Crippen LogP contribution < -0.4 is 4.90 Å². The van der Waals surface area contributed by atoms with Crippen LogP contribution in [0.3, 0.4) is 0 Å². The first-order chi connectivity index (χ1) is 24.2. The van der Waals surface area contributed by atoms with E-state index in [0.717, 1.165) is 17.1 Å². The molecule has 0 aliphatic carbocycles. The minimum Gasteiger partial charge on any atom is -0.311 e. The summed E-state index contributed by atoms with van der Waals surface area (Å²) >= 11 is 3.71. The van der Waals surface area contributed by atoms with Gasteiger partial charge in [-0.15, -0.1) is 22.7 Å². The van der Waals surface area contributed by atoms with E-state index in [0.29, 0.717) is 0 Å². The predicted octanol–water partition coefficient (Wildman–Crippen LogP) is 14.3. The number of rotatable bonds is 7. The Kier molecular flexibility index (Phi) is 7.62. The van der Waals surface area contributed by atoms with Crippen molar-refractivity contribution in [2.24, 2.45) is 0 Å². The molecule has 0 amide bonds. The SMILES string of the molecule is c1ccc(-c2cc3ccc(-c4ccc(N(c5ccccc5)c5ccc(-c6ccc7cc(-c8ccccc8)sc7c6)cc5)cc4)cc3s2)cc1. The molecule has 0 saturated heterocycles. The van der Waals surface area contributed by atoms with E-state index in [1.165, 1.54) is 63.3 Å². The molecule has 0 N–H and O–H groups in total. The summed E-state index contributed by atoms with van der Waals surface area (Å²) in [7, 11) is 0. The maximum absolute atomic E-state index is 2.33. The Labute approximate surface area is 294 Å². The second-order valence-corrected chi connectivity index (χ2v) is 14.4. The minimum atomic E-state index is 1.12. The highest BCUT2D eigenvalue weighted by Gasteiger charge is 2.14. The van der Waals surface area contributed by atoms with Crippen molar-refractivity contribution in [3.8, 4) is 43.1 Å². The molecule has 0 atom stereocenters. The van der Waals surface area contributed by atoms with Crippen LogP contribution in [0.5, 0.6) is 0 Å². The average Bonchev–Trinajstić information content (AvgIpc) is 3.81. The van der Waals surface area contributed by atoms with Crippen LogP contribution in [0.1, 0.15) is 0 Å². The summed E-state index contributed by atoms with van der Waals surface area (Å²) in [6.07, 6.45) is 0. The van der Waals surface area contributed by atoms with Crippen LogP contribution in [0.25, 0.3) is 63.3 Å². The van der Waals surface area contributed by atoms with E-state index in [1.54, 1.807) is 0 Å². The average molecular weight is 662 g/mol. The highest BCUT2D eigenvalue weighted by molar-refractivity contribution is 7.22. The Balaban J connectivity index is 1.01. The number of fused-ring (bicyclic) bond motifs is 2. The highest BCUT2D eigenvalue weighted by atomic mass is 32.1. The molecule has 0 fully saturated rings. The van der Waals surface area contributed by atoms with Gasteiger partial charge in [-0.25, -0.2) is 0 Å². The number of hydrogen-bond donors (Lipinski definition) is 0. The van der Waals surface area contributed by atoms with Gasteiger partial charge in [0.05, 0.1) is 0 Å². The molecule has 9 aromatic rings. The monoisotopic (exact) mass is 661 g/mol.